The Morgan fingerprint density at radius 2 is 2.00 bits per heavy atom. The van der Waals surface area contributed by atoms with E-state index in [1.807, 2.05) is 19.1 Å². The second-order valence-electron chi connectivity index (χ2n) is 3.59. The molecule has 3 heteroatoms. The lowest BCUT2D eigenvalue weighted by Crippen LogP contribution is -2.06. The van der Waals surface area contributed by atoms with Crippen LogP contribution < -0.4 is 0 Å². The summed E-state index contributed by atoms with van der Waals surface area (Å²) in [5.74, 6) is -0.883. The van der Waals surface area contributed by atoms with Crippen LogP contribution in [0.5, 0.6) is 0 Å². The summed E-state index contributed by atoms with van der Waals surface area (Å²) in [4.78, 5) is 10.6. The molecule has 0 aliphatic heterocycles. The van der Waals surface area contributed by atoms with Gasteiger partial charge in [0.25, 0.3) is 0 Å². The normalized spacial score (nSPS) is 12.4. The van der Waals surface area contributed by atoms with Crippen molar-refractivity contribution in [1.29, 1.82) is 0 Å². The molecule has 0 saturated carbocycles. The molecule has 1 rings (SSSR count). The van der Waals surface area contributed by atoms with Gasteiger partial charge in [-0.1, -0.05) is 12.1 Å². The van der Waals surface area contributed by atoms with Gasteiger partial charge in [-0.25, -0.2) is 4.79 Å². The number of benzene rings is 1. The molecule has 1 atom stereocenters. The van der Waals surface area contributed by atoms with Crippen LogP contribution in [0.3, 0.4) is 0 Å². The molecule has 3 nitrogen and oxygen atoms in total. The average molecular weight is 208 g/mol. The number of methoxy groups -OCH3 is 1. The topological polar surface area (TPSA) is 46.5 Å². The summed E-state index contributed by atoms with van der Waals surface area (Å²) >= 11 is 0. The molecular weight excluding hydrogens is 192 g/mol. The Labute approximate surface area is 89.7 Å². The molecule has 0 heterocycles. The van der Waals surface area contributed by atoms with E-state index < -0.39 is 5.97 Å². The molecule has 82 valence electrons. The largest absolute Gasteiger partial charge is 0.478 e. The quantitative estimate of drug-likeness (QED) is 0.808. The first-order valence-corrected chi connectivity index (χ1v) is 4.98. The Balaban J connectivity index is 2.53. The van der Waals surface area contributed by atoms with E-state index in [0.717, 1.165) is 18.4 Å². The van der Waals surface area contributed by atoms with Crippen LogP contribution in [0.4, 0.5) is 0 Å². The SMILES string of the molecule is COC(C)CCc1ccc(C(=O)O)cc1. The lowest BCUT2D eigenvalue weighted by Gasteiger charge is -2.08. The van der Waals surface area contributed by atoms with Gasteiger partial charge in [0.15, 0.2) is 0 Å². The van der Waals surface area contributed by atoms with Crippen LogP contribution >= 0.6 is 0 Å². The molecule has 1 N–H and O–H groups in total. The number of carboxylic acid groups (broad SMARTS) is 1. The number of aryl methyl sites for hydroxylation is 1. The van der Waals surface area contributed by atoms with Gasteiger partial charge in [0.1, 0.15) is 0 Å². The summed E-state index contributed by atoms with van der Waals surface area (Å²) < 4.78 is 5.14. The minimum absolute atomic E-state index is 0.240. The highest BCUT2D eigenvalue weighted by Crippen LogP contribution is 2.09. The number of rotatable bonds is 5. The highest BCUT2D eigenvalue weighted by Gasteiger charge is 2.03. The lowest BCUT2D eigenvalue weighted by molar-refractivity contribution is 0.0697. The van der Waals surface area contributed by atoms with Gasteiger partial charge in [-0.3, -0.25) is 0 Å². The summed E-state index contributed by atoms with van der Waals surface area (Å²) in [6.07, 6.45) is 2.10. The van der Waals surface area contributed by atoms with Crippen molar-refractivity contribution in [3.8, 4) is 0 Å². The van der Waals surface area contributed by atoms with Crippen LogP contribution in [0.1, 0.15) is 29.3 Å². The highest BCUT2D eigenvalue weighted by molar-refractivity contribution is 5.87. The molecule has 0 radical (unpaired) electrons. The fourth-order valence-corrected chi connectivity index (χ4v) is 1.30. The van der Waals surface area contributed by atoms with E-state index in [2.05, 4.69) is 0 Å². The van der Waals surface area contributed by atoms with Crippen molar-refractivity contribution in [3.63, 3.8) is 0 Å². The molecule has 0 aliphatic carbocycles. The van der Waals surface area contributed by atoms with Crippen LogP contribution in [0.25, 0.3) is 0 Å². The number of hydrogen-bond acceptors (Lipinski definition) is 2. The number of aromatic carboxylic acids is 1. The minimum Gasteiger partial charge on any atom is -0.478 e. The van der Waals surface area contributed by atoms with Crippen molar-refractivity contribution in [2.45, 2.75) is 25.9 Å². The summed E-state index contributed by atoms with van der Waals surface area (Å²) in [5, 5.41) is 8.71. The minimum atomic E-state index is -0.883. The van der Waals surface area contributed by atoms with E-state index in [1.165, 1.54) is 0 Å². The number of ether oxygens (including phenoxy) is 1. The predicted octanol–water partition coefficient (Wildman–Crippen LogP) is 2.35. The standard InChI is InChI=1S/C12H16O3/c1-9(15-2)3-4-10-5-7-11(8-6-10)12(13)14/h5-9H,3-4H2,1-2H3,(H,13,14). The zero-order valence-electron chi connectivity index (χ0n) is 9.06. The summed E-state index contributed by atoms with van der Waals surface area (Å²) in [5.41, 5.74) is 1.47. The molecule has 0 saturated heterocycles. The Bertz CT molecular complexity index is 316. The van der Waals surface area contributed by atoms with Crippen molar-refractivity contribution >= 4 is 5.97 Å². The fourth-order valence-electron chi connectivity index (χ4n) is 1.30. The Kier molecular flexibility index (Phi) is 4.31. The highest BCUT2D eigenvalue weighted by atomic mass is 16.5. The van der Waals surface area contributed by atoms with E-state index in [-0.39, 0.29) is 6.10 Å². The molecule has 0 amide bonds. The van der Waals surface area contributed by atoms with Gasteiger partial charge in [-0.2, -0.15) is 0 Å². The zero-order valence-corrected chi connectivity index (χ0v) is 9.06. The van der Waals surface area contributed by atoms with E-state index >= 15 is 0 Å². The monoisotopic (exact) mass is 208 g/mol. The number of carboxylic acids is 1. The summed E-state index contributed by atoms with van der Waals surface area (Å²) in [6.45, 7) is 2.02. The maximum absolute atomic E-state index is 10.6. The van der Waals surface area contributed by atoms with E-state index in [9.17, 15) is 4.79 Å². The Morgan fingerprint density at radius 3 is 2.47 bits per heavy atom. The molecule has 1 aromatic rings. The van der Waals surface area contributed by atoms with Crippen LogP contribution in [0, 0.1) is 0 Å². The first-order chi connectivity index (χ1) is 7.13. The lowest BCUT2D eigenvalue weighted by atomic mass is 10.1. The molecule has 0 spiro atoms. The van der Waals surface area contributed by atoms with Gasteiger partial charge in [0.2, 0.25) is 0 Å². The van der Waals surface area contributed by atoms with Gasteiger partial charge >= 0.3 is 5.97 Å². The third-order valence-corrected chi connectivity index (χ3v) is 2.44. The number of hydrogen-bond donors (Lipinski definition) is 1. The molecule has 0 fully saturated rings. The van der Waals surface area contributed by atoms with Crippen LogP contribution in [0.2, 0.25) is 0 Å². The third-order valence-electron chi connectivity index (χ3n) is 2.44. The second-order valence-corrected chi connectivity index (χ2v) is 3.59. The van der Waals surface area contributed by atoms with Crippen molar-refractivity contribution in [1.82, 2.24) is 0 Å². The van der Waals surface area contributed by atoms with Crippen molar-refractivity contribution in [2.24, 2.45) is 0 Å². The fraction of sp³-hybridized carbons (Fsp3) is 0.417. The third kappa shape index (κ3) is 3.72. The first-order valence-electron chi connectivity index (χ1n) is 4.98. The predicted molar refractivity (Wildman–Crippen MR) is 58.2 cm³/mol. The molecule has 15 heavy (non-hydrogen) atoms. The van der Waals surface area contributed by atoms with E-state index in [1.54, 1.807) is 19.2 Å². The number of carbonyl (C=O) groups is 1. The molecule has 1 aromatic carbocycles. The van der Waals surface area contributed by atoms with Crippen molar-refractivity contribution in [2.75, 3.05) is 7.11 Å². The smallest absolute Gasteiger partial charge is 0.335 e. The van der Waals surface area contributed by atoms with E-state index in [0.29, 0.717) is 5.56 Å². The molecule has 0 aliphatic rings. The van der Waals surface area contributed by atoms with Gasteiger partial charge in [0.05, 0.1) is 11.7 Å². The molecule has 0 aromatic heterocycles. The maximum atomic E-state index is 10.6. The zero-order chi connectivity index (χ0) is 11.3. The average Bonchev–Trinajstić information content (AvgIpc) is 2.26. The maximum Gasteiger partial charge on any atom is 0.335 e. The molecular formula is C12H16O3. The second kappa shape index (κ2) is 5.51. The Hall–Kier alpha value is -1.35. The van der Waals surface area contributed by atoms with Crippen LogP contribution in [0.15, 0.2) is 24.3 Å². The van der Waals surface area contributed by atoms with Gasteiger partial charge in [-0.05, 0) is 37.5 Å². The first kappa shape index (κ1) is 11.7. The van der Waals surface area contributed by atoms with Crippen LogP contribution in [-0.2, 0) is 11.2 Å². The van der Waals surface area contributed by atoms with Gasteiger partial charge in [0, 0.05) is 7.11 Å². The summed E-state index contributed by atoms with van der Waals surface area (Å²) in [7, 11) is 1.69. The van der Waals surface area contributed by atoms with Crippen molar-refractivity contribution in [3.05, 3.63) is 35.4 Å². The van der Waals surface area contributed by atoms with Gasteiger partial charge < -0.3 is 9.84 Å². The Morgan fingerprint density at radius 1 is 1.40 bits per heavy atom. The van der Waals surface area contributed by atoms with E-state index in [4.69, 9.17) is 9.84 Å². The van der Waals surface area contributed by atoms with Gasteiger partial charge in [-0.15, -0.1) is 0 Å². The molecule has 0 bridgehead atoms. The van der Waals surface area contributed by atoms with Crippen molar-refractivity contribution < 1.29 is 14.6 Å². The summed E-state index contributed by atoms with van der Waals surface area (Å²) in [6, 6.07) is 6.97. The molecule has 1 unspecified atom stereocenters. The van der Waals surface area contributed by atoms with Crippen LogP contribution in [-0.4, -0.2) is 24.3 Å².